The number of hydrogen-bond acceptors (Lipinski definition) is 4. The Kier molecular flexibility index (Phi) is 3.45. The largest absolute Gasteiger partial charge is 0.486 e. The fourth-order valence-electron chi connectivity index (χ4n) is 3.75. The molecule has 5 heteroatoms. The highest BCUT2D eigenvalue weighted by Gasteiger charge is 2.33. The van der Waals surface area contributed by atoms with Gasteiger partial charge in [-0.2, -0.15) is 0 Å². The molecule has 5 nitrogen and oxygen atoms in total. The number of rotatable bonds is 2. The van der Waals surface area contributed by atoms with Crippen molar-refractivity contribution in [1.82, 2.24) is 10.2 Å². The lowest BCUT2D eigenvalue weighted by molar-refractivity contribution is 0.0902. The molecule has 3 aliphatic rings. The number of carbonyl (C=O) groups excluding carboxylic acids is 1. The van der Waals surface area contributed by atoms with E-state index in [4.69, 9.17) is 9.47 Å². The van der Waals surface area contributed by atoms with Crippen molar-refractivity contribution in [3.8, 4) is 11.5 Å². The van der Waals surface area contributed by atoms with Gasteiger partial charge in [0.1, 0.15) is 12.7 Å². The van der Waals surface area contributed by atoms with Crippen LogP contribution in [0.1, 0.15) is 30.1 Å². The minimum absolute atomic E-state index is 0.0165. The first-order valence-electron chi connectivity index (χ1n) is 8.14. The lowest BCUT2D eigenvalue weighted by Gasteiger charge is -2.30. The number of nitrogens with zero attached hydrogens (tertiary/aromatic N) is 1. The Bertz CT molecular complexity index is 577. The molecule has 2 saturated heterocycles. The van der Waals surface area contributed by atoms with E-state index in [0.717, 1.165) is 24.6 Å². The Balaban J connectivity index is 1.45. The molecule has 0 radical (unpaired) electrons. The highest BCUT2D eigenvalue weighted by Crippen LogP contribution is 2.33. The van der Waals surface area contributed by atoms with Crippen molar-refractivity contribution in [2.24, 2.45) is 5.92 Å². The van der Waals surface area contributed by atoms with Gasteiger partial charge in [0, 0.05) is 24.7 Å². The average Bonchev–Trinajstić information content (AvgIpc) is 2.85. The maximum atomic E-state index is 12.5. The summed E-state index contributed by atoms with van der Waals surface area (Å²) >= 11 is 0. The maximum Gasteiger partial charge on any atom is 0.251 e. The van der Waals surface area contributed by atoms with Crippen LogP contribution in [0.3, 0.4) is 0 Å². The van der Waals surface area contributed by atoms with Gasteiger partial charge in [-0.3, -0.25) is 4.79 Å². The molecule has 2 fully saturated rings. The average molecular weight is 302 g/mol. The van der Waals surface area contributed by atoms with Crippen molar-refractivity contribution < 1.29 is 14.3 Å². The highest BCUT2D eigenvalue weighted by atomic mass is 16.6. The molecule has 0 saturated carbocycles. The van der Waals surface area contributed by atoms with Crippen molar-refractivity contribution in [2.75, 3.05) is 26.2 Å². The zero-order chi connectivity index (χ0) is 15.1. The van der Waals surface area contributed by atoms with E-state index >= 15 is 0 Å². The van der Waals surface area contributed by atoms with Crippen LogP contribution in [0.4, 0.5) is 0 Å². The van der Waals surface area contributed by atoms with Crippen LogP contribution in [0.15, 0.2) is 18.2 Å². The molecule has 0 spiro atoms. The number of piperidine rings is 1. The number of carbonyl (C=O) groups is 1. The third-order valence-corrected chi connectivity index (χ3v) is 4.81. The van der Waals surface area contributed by atoms with E-state index in [1.165, 1.54) is 19.5 Å². The van der Waals surface area contributed by atoms with Crippen LogP contribution in [0.2, 0.25) is 0 Å². The Hall–Kier alpha value is -1.75. The number of fused-ring (bicyclic) bond motifs is 3. The number of nitrogens with one attached hydrogen (secondary N) is 1. The lowest BCUT2D eigenvalue weighted by atomic mass is 9.96. The van der Waals surface area contributed by atoms with E-state index in [1.54, 1.807) is 6.07 Å². The van der Waals surface area contributed by atoms with Gasteiger partial charge in [0.25, 0.3) is 5.91 Å². The fourth-order valence-corrected chi connectivity index (χ4v) is 3.75. The molecule has 1 N–H and O–H groups in total. The molecule has 2 bridgehead atoms. The molecular weight excluding hydrogens is 280 g/mol. The van der Waals surface area contributed by atoms with Crippen LogP contribution < -0.4 is 14.8 Å². The summed E-state index contributed by atoms with van der Waals surface area (Å²) in [7, 11) is 0. The van der Waals surface area contributed by atoms with E-state index in [2.05, 4.69) is 10.2 Å². The van der Waals surface area contributed by atoms with Gasteiger partial charge in [0.15, 0.2) is 11.5 Å². The summed E-state index contributed by atoms with van der Waals surface area (Å²) in [5.41, 5.74) is 0.643. The maximum absolute atomic E-state index is 12.5. The highest BCUT2D eigenvalue weighted by molar-refractivity contribution is 5.95. The van der Waals surface area contributed by atoms with Crippen molar-refractivity contribution >= 4 is 5.91 Å². The first-order valence-corrected chi connectivity index (χ1v) is 8.14. The van der Waals surface area contributed by atoms with Crippen molar-refractivity contribution in [1.29, 1.82) is 0 Å². The van der Waals surface area contributed by atoms with Gasteiger partial charge in [-0.15, -0.1) is 0 Å². The molecule has 1 amide bonds. The molecule has 118 valence electrons. The summed E-state index contributed by atoms with van der Waals surface area (Å²) in [4.78, 5) is 14.9. The summed E-state index contributed by atoms with van der Waals surface area (Å²) in [6.45, 7) is 5.87. The third-order valence-electron chi connectivity index (χ3n) is 4.81. The standard InChI is InChI=1S/C17H22N2O3/c1-11-10-21-15-3-2-13(7-16(15)22-11)17(20)18-14-6-12-4-5-19(8-12)9-14/h2-3,7,11-12,14H,4-6,8-10H2,1H3,(H,18,20)/t11-,12-,14-/m0/s1. The van der Waals surface area contributed by atoms with E-state index in [-0.39, 0.29) is 18.1 Å². The molecule has 1 unspecified atom stereocenters. The first-order chi connectivity index (χ1) is 10.7. The van der Waals surface area contributed by atoms with Crippen LogP contribution in [0.25, 0.3) is 0 Å². The molecule has 0 aromatic heterocycles. The predicted molar refractivity (Wildman–Crippen MR) is 82.4 cm³/mol. The zero-order valence-corrected chi connectivity index (χ0v) is 12.9. The normalized spacial score (nSPS) is 32.6. The summed E-state index contributed by atoms with van der Waals surface area (Å²) < 4.78 is 11.3. The number of benzene rings is 1. The second kappa shape index (κ2) is 5.47. The van der Waals surface area contributed by atoms with Crippen LogP contribution in [-0.2, 0) is 0 Å². The second-order valence-electron chi connectivity index (χ2n) is 6.72. The van der Waals surface area contributed by atoms with Crippen LogP contribution in [0, 0.1) is 5.92 Å². The van der Waals surface area contributed by atoms with Crippen LogP contribution in [0.5, 0.6) is 11.5 Å². The molecular formula is C17H22N2O3. The molecule has 1 aromatic carbocycles. The van der Waals surface area contributed by atoms with Gasteiger partial charge in [-0.1, -0.05) is 0 Å². The molecule has 3 aliphatic heterocycles. The van der Waals surface area contributed by atoms with E-state index in [1.807, 2.05) is 19.1 Å². The molecule has 1 aromatic rings. The summed E-state index contributed by atoms with van der Waals surface area (Å²) in [5, 5.41) is 3.18. The quantitative estimate of drug-likeness (QED) is 0.903. The summed E-state index contributed by atoms with van der Waals surface area (Å²) in [6.07, 6.45) is 2.39. The summed E-state index contributed by atoms with van der Waals surface area (Å²) in [6, 6.07) is 5.69. The van der Waals surface area contributed by atoms with Gasteiger partial charge in [0.2, 0.25) is 0 Å². The van der Waals surface area contributed by atoms with Crippen LogP contribution in [-0.4, -0.2) is 49.2 Å². The van der Waals surface area contributed by atoms with Gasteiger partial charge in [0.05, 0.1) is 0 Å². The van der Waals surface area contributed by atoms with Crippen LogP contribution >= 0.6 is 0 Å². The minimum Gasteiger partial charge on any atom is -0.486 e. The number of amides is 1. The Morgan fingerprint density at radius 2 is 2.23 bits per heavy atom. The van der Waals surface area contributed by atoms with Gasteiger partial charge in [-0.25, -0.2) is 0 Å². The van der Waals surface area contributed by atoms with E-state index in [9.17, 15) is 4.79 Å². The summed E-state index contributed by atoms with van der Waals surface area (Å²) in [5.74, 6) is 2.12. The third kappa shape index (κ3) is 2.65. The zero-order valence-electron chi connectivity index (χ0n) is 12.9. The Morgan fingerprint density at radius 3 is 3.09 bits per heavy atom. The van der Waals surface area contributed by atoms with E-state index < -0.39 is 0 Å². The Morgan fingerprint density at radius 1 is 1.32 bits per heavy atom. The molecule has 0 aliphatic carbocycles. The van der Waals surface area contributed by atoms with Gasteiger partial charge < -0.3 is 19.7 Å². The monoisotopic (exact) mass is 302 g/mol. The smallest absolute Gasteiger partial charge is 0.251 e. The number of hydrogen-bond donors (Lipinski definition) is 1. The van der Waals surface area contributed by atoms with E-state index in [0.29, 0.717) is 17.9 Å². The second-order valence-corrected chi connectivity index (χ2v) is 6.72. The minimum atomic E-state index is -0.0165. The molecule has 22 heavy (non-hydrogen) atoms. The Labute approximate surface area is 130 Å². The predicted octanol–water partition coefficient (Wildman–Crippen LogP) is 1.67. The molecule has 3 heterocycles. The van der Waals surface area contributed by atoms with Gasteiger partial charge >= 0.3 is 0 Å². The lowest BCUT2D eigenvalue weighted by Crippen LogP contribution is -2.47. The molecule has 4 atom stereocenters. The van der Waals surface area contributed by atoms with Crippen molar-refractivity contribution in [3.05, 3.63) is 23.8 Å². The SMILES string of the molecule is C[C@H]1COc2ccc(C(=O)N[C@H]3C[C@@H]4CCN(C4)C3)cc2O1. The van der Waals surface area contributed by atoms with Gasteiger partial charge in [-0.05, 0) is 50.4 Å². The van der Waals surface area contributed by atoms with Crippen molar-refractivity contribution in [3.63, 3.8) is 0 Å². The number of ether oxygens (including phenoxy) is 2. The van der Waals surface area contributed by atoms with Crippen molar-refractivity contribution in [2.45, 2.75) is 31.9 Å². The fraction of sp³-hybridized carbons (Fsp3) is 0.588. The first kappa shape index (κ1) is 13.9. The molecule has 4 rings (SSSR count). The topological polar surface area (TPSA) is 50.8 Å².